The van der Waals surface area contributed by atoms with E-state index < -0.39 is 0 Å². The molecule has 0 aliphatic heterocycles. The maximum atomic E-state index is 12.6. The quantitative estimate of drug-likeness (QED) is 0.382. The number of amides is 1. The third-order valence-electron chi connectivity index (χ3n) is 4.32. The van der Waals surface area contributed by atoms with E-state index in [9.17, 15) is 4.79 Å². The molecule has 6 nitrogen and oxygen atoms in total. The summed E-state index contributed by atoms with van der Waals surface area (Å²) in [6, 6.07) is 18.1. The number of nitrogens with zero attached hydrogens (tertiary/aromatic N) is 2. The minimum atomic E-state index is -0.219. The Hall–Kier alpha value is -3.42. The second kappa shape index (κ2) is 9.59. The Morgan fingerprint density at radius 1 is 1.06 bits per heavy atom. The van der Waals surface area contributed by atoms with Gasteiger partial charge < -0.3 is 14.8 Å². The first-order valence-corrected chi connectivity index (χ1v) is 10.6. The topological polar surface area (TPSA) is 73.3 Å². The molecule has 0 aliphatic carbocycles. The van der Waals surface area contributed by atoms with Gasteiger partial charge in [-0.1, -0.05) is 29.8 Å². The lowest BCUT2D eigenvalue weighted by atomic mass is 10.2. The van der Waals surface area contributed by atoms with Gasteiger partial charge in [-0.25, -0.2) is 9.97 Å². The highest BCUT2D eigenvalue weighted by molar-refractivity contribution is 7.13. The molecule has 4 aromatic rings. The molecular weight excluding hydrogens is 434 g/mol. The lowest BCUT2D eigenvalue weighted by Crippen LogP contribution is -2.15. The van der Waals surface area contributed by atoms with Gasteiger partial charge in [-0.3, -0.25) is 4.79 Å². The smallest absolute Gasteiger partial charge is 0.243 e. The van der Waals surface area contributed by atoms with Crippen molar-refractivity contribution in [1.82, 2.24) is 9.97 Å². The van der Waals surface area contributed by atoms with E-state index in [0.29, 0.717) is 28.0 Å². The van der Waals surface area contributed by atoms with Gasteiger partial charge in [-0.2, -0.15) is 0 Å². The molecule has 2 heterocycles. The molecule has 0 unspecified atom stereocenters. The van der Waals surface area contributed by atoms with Gasteiger partial charge in [-0.15, -0.1) is 11.3 Å². The van der Waals surface area contributed by atoms with Crippen molar-refractivity contribution in [3.8, 4) is 28.0 Å². The Bertz CT molecular complexity index is 1190. The summed E-state index contributed by atoms with van der Waals surface area (Å²) < 4.78 is 11.0. The fourth-order valence-corrected chi connectivity index (χ4v) is 3.97. The Balaban J connectivity index is 1.44. The number of carbonyl (C=O) groups excluding carboxylic acids is 1. The summed E-state index contributed by atoms with van der Waals surface area (Å²) in [6.45, 7) is 0. The lowest BCUT2D eigenvalue weighted by Gasteiger charge is -2.11. The predicted molar refractivity (Wildman–Crippen MR) is 122 cm³/mol. The van der Waals surface area contributed by atoms with Crippen molar-refractivity contribution in [3.63, 3.8) is 0 Å². The van der Waals surface area contributed by atoms with Gasteiger partial charge in [0.1, 0.15) is 22.2 Å². The zero-order valence-corrected chi connectivity index (χ0v) is 18.1. The molecule has 1 N–H and O–H groups in total. The van der Waals surface area contributed by atoms with Crippen LogP contribution in [-0.4, -0.2) is 23.0 Å². The molecule has 0 bridgehead atoms. The number of pyridine rings is 1. The summed E-state index contributed by atoms with van der Waals surface area (Å²) in [6.07, 6.45) is 1.72. The zero-order valence-electron chi connectivity index (χ0n) is 16.5. The van der Waals surface area contributed by atoms with Gasteiger partial charge >= 0.3 is 0 Å². The van der Waals surface area contributed by atoms with Gasteiger partial charge in [0.2, 0.25) is 11.8 Å². The van der Waals surface area contributed by atoms with E-state index in [4.69, 9.17) is 21.1 Å². The molecule has 0 spiro atoms. The Morgan fingerprint density at radius 2 is 1.84 bits per heavy atom. The maximum Gasteiger partial charge on any atom is 0.243 e. The van der Waals surface area contributed by atoms with Crippen LogP contribution in [0.3, 0.4) is 0 Å². The number of hydrogen-bond acceptors (Lipinski definition) is 6. The van der Waals surface area contributed by atoms with E-state index in [1.165, 1.54) is 11.3 Å². The van der Waals surface area contributed by atoms with Crippen molar-refractivity contribution in [2.24, 2.45) is 0 Å². The van der Waals surface area contributed by atoms with Crippen LogP contribution in [0.5, 0.6) is 17.4 Å². The Kier molecular flexibility index (Phi) is 6.45. The number of methoxy groups -OCH3 is 1. The van der Waals surface area contributed by atoms with Gasteiger partial charge in [0.15, 0.2) is 0 Å². The average Bonchev–Trinajstić information content (AvgIpc) is 3.24. The standard InChI is InChI=1S/C23H18ClN3O3S/c1-29-16-8-10-17(11-9-16)30-22-20(7-4-12-25-22)27-21(28)13-15-14-31-23(26-15)18-5-2-3-6-19(18)24/h2-12,14H,13H2,1H3,(H,27,28). The summed E-state index contributed by atoms with van der Waals surface area (Å²) >= 11 is 7.69. The molecule has 156 valence electrons. The van der Waals surface area contributed by atoms with Crippen LogP contribution in [-0.2, 0) is 11.2 Å². The van der Waals surface area contributed by atoms with Crippen molar-refractivity contribution in [1.29, 1.82) is 0 Å². The van der Waals surface area contributed by atoms with Crippen molar-refractivity contribution < 1.29 is 14.3 Å². The number of benzene rings is 2. The van der Waals surface area contributed by atoms with Crippen LogP contribution in [0, 0.1) is 0 Å². The molecule has 1 amide bonds. The number of ether oxygens (including phenoxy) is 2. The first kappa shape index (κ1) is 20.8. The minimum Gasteiger partial charge on any atom is -0.497 e. The van der Waals surface area contributed by atoms with Crippen LogP contribution in [0.25, 0.3) is 10.6 Å². The second-order valence-corrected chi connectivity index (χ2v) is 7.75. The van der Waals surface area contributed by atoms with E-state index in [-0.39, 0.29) is 12.3 Å². The normalized spacial score (nSPS) is 10.5. The highest BCUT2D eigenvalue weighted by Gasteiger charge is 2.14. The SMILES string of the molecule is COc1ccc(Oc2ncccc2NC(=O)Cc2csc(-c3ccccc3Cl)n2)cc1. The average molecular weight is 452 g/mol. The summed E-state index contributed by atoms with van der Waals surface area (Å²) in [5.41, 5.74) is 1.99. The van der Waals surface area contributed by atoms with Gasteiger partial charge in [0.05, 0.1) is 24.2 Å². The largest absolute Gasteiger partial charge is 0.497 e. The van der Waals surface area contributed by atoms with Gasteiger partial charge in [0.25, 0.3) is 0 Å². The van der Waals surface area contributed by atoms with Crippen LogP contribution >= 0.6 is 22.9 Å². The highest BCUT2D eigenvalue weighted by atomic mass is 35.5. The second-order valence-electron chi connectivity index (χ2n) is 6.48. The molecule has 8 heteroatoms. The van der Waals surface area contributed by atoms with E-state index >= 15 is 0 Å². The molecule has 0 radical (unpaired) electrons. The molecule has 0 fully saturated rings. The fourth-order valence-electron chi connectivity index (χ4n) is 2.83. The van der Waals surface area contributed by atoms with Crippen LogP contribution in [0.1, 0.15) is 5.69 Å². The van der Waals surface area contributed by atoms with Crippen LogP contribution in [0.2, 0.25) is 5.02 Å². The summed E-state index contributed by atoms with van der Waals surface area (Å²) in [5, 5.41) is 6.11. The van der Waals surface area contributed by atoms with Crippen LogP contribution < -0.4 is 14.8 Å². The first-order valence-electron chi connectivity index (χ1n) is 9.38. The number of thiazole rings is 1. The van der Waals surface area contributed by atoms with Gasteiger partial charge in [-0.05, 0) is 42.5 Å². The van der Waals surface area contributed by atoms with E-state index in [1.54, 1.807) is 49.7 Å². The molecule has 2 aromatic carbocycles. The number of aromatic nitrogens is 2. The monoisotopic (exact) mass is 451 g/mol. The Labute approximate surface area is 188 Å². The number of carbonyl (C=O) groups is 1. The number of nitrogens with one attached hydrogen (secondary N) is 1. The van der Waals surface area contributed by atoms with Crippen LogP contribution in [0.15, 0.2) is 72.2 Å². The molecule has 2 aromatic heterocycles. The molecule has 0 atom stereocenters. The molecule has 0 aliphatic rings. The van der Waals surface area contributed by atoms with Crippen molar-refractivity contribution in [2.45, 2.75) is 6.42 Å². The summed E-state index contributed by atoms with van der Waals surface area (Å²) in [7, 11) is 1.60. The predicted octanol–water partition coefficient (Wildman–Crippen LogP) is 5.84. The first-order chi connectivity index (χ1) is 15.1. The third kappa shape index (κ3) is 5.20. The molecular formula is C23H18ClN3O3S. The number of anilines is 1. The number of hydrogen-bond donors (Lipinski definition) is 1. The fraction of sp³-hybridized carbons (Fsp3) is 0.0870. The van der Waals surface area contributed by atoms with Crippen molar-refractivity contribution >= 4 is 34.5 Å². The number of halogens is 1. The Morgan fingerprint density at radius 3 is 2.61 bits per heavy atom. The molecule has 0 saturated heterocycles. The van der Waals surface area contributed by atoms with Crippen molar-refractivity contribution in [2.75, 3.05) is 12.4 Å². The van der Waals surface area contributed by atoms with Crippen LogP contribution in [0.4, 0.5) is 5.69 Å². The molecule has 4 rings (SSSR count). The van der Waals surface area contributed by atoms with E-state index in [2.05, 4.69) is 15.3 Å². The van der Waals surface area contributed by atoms with E-state index in [1.807, 2.05) is 29.6 Å². The molecule has 31 heavy (non-hydrogen) atoms. The summed E-state index contributed by atoms with van der Waals surface area (Å²) in [4.78, 5) is 21.4. The van der Waals surface area contributed by atoms with Gasteiger partial charge in [0, 0.05) is 17.1 Å². The van der Waals surface area contributed by atoms with E-state index in [0.717, 1.165) is 16.3 Å². The lowest BCUT2D eigenvalue weighted by molar-refractivity contribution is -0.115. The maximum absolute atomic E-state index is 12.6. The van der Waals surface area contributed by atoms with Crippen molar-refractivity contribution in [3.05, 3.63) is 83.0 Å². The zero-order chi connectivity index (χ0) is 21.6. The number of rotatable bonds is 7. The highest BCUT2D eigenvalue weighted by Crippen LogP contribution is 2.31. The third-order valence-corrected chi connectivity index (χ3v) is 5.57. The molecule has 0 saturated carbocycles. The summed E-state index contributed by atoms with van der Waals surface area (Å²) in [5.74, 6) is 1.39. The minimum absolute atomic E-state index is 0.123.